The second kappa shape index (κ2) is 9.81. The first-order chi connectivity index (χ1) is 10.9. The summed E-state index contributed by atoms with van der Waals surface area (Å²) in [7, 11) is 0. The van der Waals surface area contributed by atoms with Gasteiger partial charge in [0.15, 0.2) is 0 Å². The summed E-state index contributed by atoms with van der Waals surface area (Å²) in [4.78, 5) is 23.7. The maximum atomic E-state index is 11.9. The molecule has 0 aliphatic rings. The van der Waals surface area contributed by atoms with Gasteiger partial charge in [0.1, 0.15) is 25.4 Å². The number of nitrogens with one attached hydrogen (secondary N) is 1. The molecule has 1 aromatic carbocycles. The van der Waals surface area contributed by atoms with Crippen LogP contribution in [0.15, 0.2) is 30.3 Å². The molecule has 0 aliphatic heterocycles. The predicted octanol–water partition coefficient (Wildman–Crippen LogP) is 0.834. The number of carbonyl (C=O) groups is 2. The maximum Gasteiger partial charge on any atom is 0.408 e. The Labute approximate surface area is 135 Å². The van der Waals surface area contributed by atoms with E-state index in [9.17, 15) is 14.7 Å². The Bertz CT molecular complexity index is 491. The summed E-state index contributed by atoms with van der Waals surface area (Å²) in [6.07, 6.45) is -1.87. The van der Waals surface area contributed by atoms with Gasteiger partial charge in [0, 0.05) is 0 Å². The number of ether oxygens (including phenoxy) is 2. The van der Waals surface area contributed by atoms with Crippen molar-refractivity contribution in [2.75, 3.05) is 13.2 Å². The van der Waals surface area contributed by atoms with E-state index < -0.39 is 30.8 Å². The molecule has 0 aliphatic carbocycles. The van der Waals surface area contributed by atoms with E-state index >= 15 is 0 Å². The van der Waals surface area contributed by atoms with Crippen LogP contribution in [0, 0.1) is 5.92 Å². The molecule has 7 heteroatoms. The van der Waals surface area contributed by atoms with Gasteiger partial charge in [0.05, 0.1) is 6.61 Å². The number of amides is 1. The van der Waals surface area contributed by atoms with Gasteiger partial charge >= 0.3 is 12.1 Å². The molecule has 0 radical (unpaired) electrons. The van der Waals surface area contributed by atoms with Crippen molar-refractivity contribution < 1.29 is 29.3 Å². The summed E-state index contributed by atoms with van der Waals surface area (Å²) in [5.74, 6) is -0.915. The average Bonchev–Trinajstić information content (AvgIpc) is 2.55. The fourth-order valence-corrected chi connectivity index (χ4v) is 1.71. The van der Waals surface area contributed by atoms with Crippen molar-refractivity contribution in [3.63, 3.8) is 0 Å². The van der Waals surface area contributed by atoms with E-state index in [2.05, 4.69) is 5.32 Å². The third-order valence-electron chi connectivity index (χ3n) is 3.04. The number of aliphatic hydroxyl groups excluding tert-OH is 2. The van der Waals surface area contributed by atoms with E-state index in [1.807, 2.05) is 30.3 Å². The van der Waals surface area contributed by atoms with Gasteiger partial charge in [-0.2, -0.15) is 0 Å². The number of rotatable bonds is 8. The van der Waals surface area contributed by atoms with Gasteiger partial charge in [-0.15, -0.1) is 0 Å². The van der Waals surface area contributed by atoms with Crippen LogP contribution in [0.5, 0.6) is 0 Å². The third kappa shape index (κ3) is 7.12. The molecule has 0 fully saturated rings. The second-order valence-corrected chi connectivity index (χ2v) is 5.39. The molecule has 128 valence electrons. The highest BCUT2D eigenvalue weighted by Gasteiger charge is 2.26. The van der Waals surface area contributed by atoms with Gasteiger partial charge in [-0.1, -0.05) is 44.2 Å². The van der Waals surface area contributed by atoms with Crippen LogP contribution in [0.2, 0.25) is 0 Å². The molecule has 1 amide bonds. The van der Waals surface area contributed by atoms with Gasteiger partial charge in [-0.3, -0.25) is 0 Å². The number of esters is 1. The highest BCUT2D eigenvalue weighted by molar-refractivity contribution is 5.81. The van der Waals surface area contributed by atoms with Crippen molar-refractivity contribution >= 4 is 12.1 Å². The SMILES string of the molecule is CC(C)[C@H](NC(=O)OCc1ccccc1)C(=O)OC[C@H](O)CO. The molecule has 0 unspecified atom stereocenters. The largest absolute Gasteiger partial charge is 0.461 e. The molecule has 0 spiro atoms. The lowest BCUT2D eigenvalue weighted by atomic mass is 10.1. The molecular weight excluding hydrogens is 302 g/mol. The van der Waals surface area contributed by atoms with Crippen LogP contribution >= 0.6 is 0 Å². The van der Waals surface area contributed by atoms with Crippen molar-refractivity contribution in [2.24, 2.45) is 5.92 Å². The summed E-state index contributed by atoms with van der Waals surface area (Å²) in [5.41, 5.74) is 0.831. The average molecular weight is 325 g/mol. The van der Waals surface area contributed by atoms with E-state index in [0.29, 0.717) is 0 Å². The van der Waals surface area contributed by atoms with Crippen LogP contribution in [0.1, 0.15) is 19.4 Å². The molecule has 2 atom stereocenters. The Kier molecular flexibility index (Phi) is 8.07. The second-order valence-electron chi connectivity index (χ2n) is 5.39. The lowest BCUT2D eigenvalue weighted by Crippen LogP contribution is -2.46. The minimum atomic E-state index is -1.14. The smallest absolute Gasteiger partial charge is 0.408 e. The van der Waals surface area contributed by atoms with Crippen LogP contribution < -0.4 is 5.32 Å². The molecule has 0 saturated carbocycles. The quantitative estimate of drug-likeness (QED) is 0.612. The van der Waals surface area contributed by atoms with Gasteiger partial charge in [-0.25, -0.2) is 9.59 Å². The molecule has 7 nitrogen and oxygen atoms in total. The van der Waals surface area contributed by atoms with E-state index in [4.69, 9.17) is 14.6 Å². The summed E-state index contributed by atoms with van der Waals surface area (Å²) in [6.45, 7) is 2.74. The minimum absolute atomic E-state index is 0.0930. The van der Waals surface area contributed by atoms with Crippen molar-refractivity contribution in [2.45, 2.75) is 32.6 Å². The first-order valence-corrected chi connectivity index (χ1v) is 7.36. The summed E-state index contributed by atoms with van der Waals surface area (Å²) < 4.78 is 9.92. The molecule has 23 heavy (non-hydrogen) atoms. The first kappa shape index (κ1) is 18.9. The highest BCUT2D eigenvalue weighted by atomic mass is 16.6. The Hall–Kier alpha value is -2.12. The van der Waals surface area contributed by atoms with Crippen LogP contribution in [0.3, 0.4) is 0 Å². The monoisotopic (exact) mass is 325 g/mol. The number of carbonyl (C=O) groups excluding carboxylic acids is 2. The summed E-state index contributed by atoms with van der Waals surface area (Å²) in [6, 6.07) is 8.25. The summed E-state index contributed by atoms with van der Waals surface area (Å²) >= 11 is 0. The zero-order valence-corrected chi connectivity index (χ0v) is 13.3. The Balaban J connectivity index is 2.47. The Morgan fingerprint density at radius 1 is 1.17 bits per heavy atom. The third-order valence-corrected chi connectivity index (χ3v) is 3.04. The molecule has 3 N–H and O–H groups in total. The zero-order valence-electron chi connectivity index (χ0n) is 13.3. The van der Waals surface area contributed by atoms with Crippen LogP contribution in [0.4, 0.5) is 4.79 Å². The lowest BCUT2D eigenvalue weighted by molar-refractivity contribution is -0.150. The van der Waals surface area contributed by atoms with Crippen molar-refractivity contribution in [3.8, 4) is 0 Å². The number of alkyl carbamates (subject to hydrolysis) is 1. The topological polar surface area (TPSA) is 105 Å². The van der Waals surface area contributed by atoms with E-state index in [1.165, 1.54) is 0 Å². The number of aliphatic hydroxyl groups is 2. The van der Waals surface area contributed by atoms with Gasteiger partial charge < -0.3 is 25.0 Å². The first-order valence-electron chi connectivity index (χ1n) is 7.36. The minimum Gasteiger partial charge on any atom is -0.461 e. The fourth-order valence-electron chi connectivity index (χ4n) is 1.71. The van der Waals surface area contributed by atoms with E-state index in [0.717, 1.165) is 5.56 Å². The molecule has 0 saturated heterocycles. The Morgan fingerprint density at radius 2 is 1.83 bits per heavy atom. The lowest BCUT2D eigenvalue weighted by Gasteiger charge is -2.21. The molecule has 1 aromatic rings. The zero-order chi connectivity index (χ0) is 17.2. The van der Waals surface area contributed by atoms with Crippen molar-refractivity contribution in [1.82, 2.24) is 5.32 Å². The van der Waals surface area contributed by atoms with Gasteiger partial charge in [-0.05, 0) is 11.5 Å². The Morgan fingerprint density at radius 3 is 2.39 bits per heavy atom. The number of benzene rings is 1. The van der Waals surface area contributed by atoms with Crippen molar-refractivity contribution in [3.05, 3.63) is 35.9 Å². The fraction of sp³-hybridized carbons (Fsp3) is 0.500. The van der Waals surface area contributed by atoms with Gasteiger partial charge in [0.2, 0.25) is 0 Å². The van der Waals surface area contributed by atoms with Crippen LogP contribution in [-0.4, -0.2) is 47.6 Å². The normalized spacial score (nSPS) is 13.3. The molecular formula is C16H23NO6. The highest BCUT2D eigenvalue weighted by Crippen LogP contribution is 2.06. The van der Waals surface area contributed by atoms with Crippen LogP contribution in [0.25, 0.3) is 0 Å². The van der Waals surface area contributed by atoms with Crippen LogP contribution in [-0.2, 0) is 20.9 Å². The summed E-state index contributed by atoms with van der Waals surface area (Å²) in [5, 5.41) is 20.3. The molecule has 0 aromatic heterocycles. The number of hydrogen-bond donors (Lipinski definition) is 3. The van der Waals surface area contributed by atoms with E-state index in [1.54, 1.807) is 13.8 Å². The van der Waals surface area contributed by atoms with Crippen molar-refractivity contribution in [1.29, 1.82) is 0 Å². The van der Waals surface area contributed by atoms with Gasteiger partial charge in [0.25, 0.3) is 0 Å². The standard InChI is InChI=1S/C16H23NO6/c1-11(2)14(15(20)22-10-13(19)8-18)17-16(21)23-9-12-6-4-3-5-7-12/h3-7,11,13-14,18-19H,8-10H2,1-2H3,(H,17,21)/t13-,14+/m1/s1. The maximum absolute atomic E-state index is 11.9. The molecule has 0 bridgehead atoms. The molecule has 0 heterocycles. The molecule has 1 rings (SSSR count). The number of hydrogen-bond acceptors (Lipinski definition) is 6. The predicted molar refractivity (Wildman–Crippen MR) is 82.4 cm³/mol. The van der Waals surface area contributed by atoms with E-state index in [-0.39, 0.29) is 19.1 Å².